The number of amides is 3. The number of carbonyl (C=O) groups excluding carboxylic acids is 2. The molecule has 1 aliphatic carbocycles. The van der Waals surface area contributed by atoms with Gasteiger partial charge in [0.1, 0.15) is 18.1 Å². The number of carbonyl (C=O) groups is 2. The number of urea groups is 1. The highest BCUT2D eigenvalue weighted by Gasteiger charge is 2.42. The summed E-state index contributed by atoms with van der Waals surface area (Å²) in [6, 6.07) is 9.01. The van der Waals surface area contributed by atoms with Crippen molar-refractivity contribution in [3.8, 4) is 5.75 Å². The number of rotatable bonds is 4. The molecule has 6 nitrogen and oxygen atoms in total. The lowest BCUT2D eigenvalue weighted by Gasteiger charge is -2.33. The van der Waals surface area contributed by atoms with Gasteiger partial charge in [0.05, 0.1) is 12.6 Å². The summed E-state index contributed by atoms with van der Waals surface area (Å²) in [4.78, 5) is 28.5. The SMILES string of the molecule is O=C1Nc2ccc(F)cc2CN1CC(=O)N1C[C@H]2C=C(c3ccc(OC(F)(F)F)cc3)[C@@H]1C2. The minimum atomic E-state index is -4.76. The minimum absolute atomic E-state index is 0.121. The Hall–Kier alpha value is -3.56. The van der Waals surface area contributed by atoms with E-state index in [0.29, 0.717) is 17.8 Å². The zero-order valence-electron chi connectivity index (χ0n) is 17.2. The van der Waals surface area contributed by atoms with Crippen molar-refractivity contribution in [1.29, 1.82) is 0 Å². The third kappa shape index (κ3) is 4.24. The molecule has 0 spiro atoms. The maximum Gasteiger partial charge on any atom is 0.573 e. The molecule has 0 radical (unpaired) electrons. The molecule has 0 aromatic heterocycles. The molecule has 1 N–H and O–H groups in total. The van der Waals surface area contributed by atoms with Gasteiger partial charge in [-0.1, -0.05) is 18.2 Å². The van der Waals surface area contributed by atoms with E-state index in [1.54, 1.807) is 17.0 Å². The Balaban J connectivity index is 1.27. The number of anilines is 1. The molecule has 3 aliphatic rings. The Morgan fingerprint density at radius 2 is 1.91 bits per heavy atom. The second kappa shape index (κ2) is 7.79. The fourth-order valence-electron chi connectivity index (χ4n) is 4.73. The Bertz CT molecular complexity index is 1150. The standard InChI is InChI=1S/C23H19F4N3O3/c24-16-3-6-19-15(9-16)11-29(22(32)28-19)12-21(31)30-10-13-7-18(20(30)8-13)14-1-4-17(5-2-14)33-23(25,26)27/h1-7,9,13,20H,8,10-12H2,(H,28,32)/t13-,20-/m0/s1. The van der Waals surface area contributed by atoms with Crippen LogP contribution in [-0.2, 0) is 11.3 Å². The Morgan fingerprint density at radius 3 is 2.61 bits per heavy atom. The summed E-state index contributed by atoms with van der Waals surface area (Å²) >= 11 is 0. The van der Waals surface area contributed by atoms with E-state index in [1.807, 2.05) is 6.08 Å². The van der Waals surface area contributed by atoms with Crippen molar-refractivity contribution in [2.75, 3.05) is 18.4 Å². The van der Waals surface area contributed by atoms with Crippen LogP contribution in [0.4, 0.5) is 28.0 Å². The van der Waals surface area contributed by atoms with Crippen molar-refractivity contribution in [2.45, 2.75) is 25.4 Å². The van der Waals surface area contributed by atoms with Gasteiger partial charge < -0.3 is 19.9 Å². The topological polar surface area (TPSA) is 61.9 Å². The second-order valence-electron chi connectivity index (χ2n) is 8.34. The molecular weight excluding hydrogens is 442 g/mol. The molecule has 1 saturated heterocycles. The minimum Gasteiger partial charge on any atom is -0.406 e. The molecule has 2 aromatic carbocycles. The first-order valence-electron chi connectivity index (χ1n) is 10.4. The van der Waals surface area contributed by atoms with Crippen LogP contribution in [0.1, 0.15) is 17.5 Å². The van der Waals surface area contributed by atoms with Crippen LogP contribution in [-0.4, -0.2) is 47.2 Å². The molecule has 2 aromatic rings. The lowest BCUT2D eigenvalue weighted by atomic mass is 10.00. The average molecular weight is 461 g/mol. The molecule has 2 aliphatic heterocycles. The number of alkyl halides is 3. The van der Waals surface area contributed by atoms with Gasteiger partial charge in [0.15, 0.2) is 0 Å². The molecule has 1 fully saturated rings. The van der Waals surface area contributed by atoms with Crippen molar-refractivity contribution in [3.05, 3.63) is 65.5 Å². The van der Waals surface area contributed by atoms with Gasteiger partial charge in [-0.25, -0.2) is 9.18 Å². The first-order valence-corrected chi connectivity index (χ1v) is 10.4. The summed E-state index contributed by atoms with van der Waals surface area (Å²) in [5, 5.41) is 2.67. The maximum atomic E-state index is 13.6. The van der Waals surface area contributed by atoms with Crippen LogP contribution >= 0.6 is 0 Å². The van der Waals surface area contributed by atoms with Crippen LogP contribution in [0.2, 0.25) is 0 Å². The van der Waals surface area contributed by atoms with Crippen LogP contribution in [0.3, 0.4) is 0 Å². The monoisotopic (exact) mass is 461 g/mol. The van der Waals surface area contributed by atoms with E-state index in [-0.39, 0.29) is 36.7 Å². The molecule has 0 saturated carbocycles. The molecule has 5 rings (SSSR count). The summed E-state index contributed by atoms with van der Waals surface area (Å²) in [5.74, 6) is -0.824. The number of ether oxygens (including phenoxy) is 1. The fraction of sp³-hybridized carbons (Fsp3) is 0.304. The van der Waals surface area contributed by atoms with E-state index in [4.69, 9.17) is 0 Å². The highest BCUT2D eigenvalue weighted by atomic mass is 19.4. The van der Waals surface area contributed by atoms with E-state index in [0.717, 1.165) is 17.6 Å². The van der Waals surface area contributed by atoms with E-state index in [2.05, 4.69) is 10.1 Å². The van der Waals surface area contributed by atoms with Crippen LogP contribution in [0.15, 0.2) is 48.5 Å². The van der Waals surface area contributed by atoms with E-state index in [9.17, 15) is 27.2 Å². The second-order valence-corrected chi connectivity index (χ2v) is 8.34. The predicted octanol–water partition coefficient (Wildman–Crippen LogP) is 4.39. The van der Waals surface area contributed by atoms with Gasteiger partial charge in [-0.15, -0.1) is 13.2 Å². The third-order valence-corrected chi connectivity index (χ3v) is 6.13. The summed E-state index contributed by atoms with van der Waals surface area (Å²) in [6.45, 7) is 0.482. The van der Waals surface area contributed by atoms with Gasteiger partial charge in [0.25, 0.3) is 0 Å². The van der Waals surface area contributed by atoms with Crippen molar-refractivity contribution >= 4 is 23.2 Å². The molecule has 3 amide bonds. The van der Waals surface area contributed by atoms with Gasteiger partial charge in [-0.3, -0.25) is 4.79 Å². The van der Waals surface area contributed by atoms with E-state index in [1.165, 1.54) is 35.2 Å². The molecule has 0 unspecified atom stereocenters. The number of hydrogen-bond acceptors (Lipinski definition) is 3. The van der Waals surface area contributed by atoms with E-state index >= 15 is 0 Å². The number of halogens is 4. The lowest BCUT2D eigenvalue weighted by Crippen LogP contribution is -2.48. The van der Waals surface area contributed by atoms with E-state index < -0.39 is 18.2 Å². The highest BCUT2D eigenvalue weighted by molar-refractivity contribution is 5.95. The Labute approximate surface area is 186 Å². The Kier molecular flexibility index (Phi) is 5.02. The largest absolute Gasteiger partial charge is 0.573 e. The molecular formula is C23H19F4N3O3. The van der Waals surface area contributed by atoms with Gasteiger partial charge in [0, 0.05) is 12.2 Å². The first kappa shape index (κ1) is 21.3. The maximum absolute atomic E-state index is 13.6. The van der Waals surface area contributed by atoms with Crippen molar-refractivity contribution in [2.24, 2.45) is 5.92 Å². The smallest absolute Gasteiger partial charge is 0.406 e. The van der Waals surface area contributed by atoms with Gasteiger partial charge in [-0.05, 0) is 59.4 Å². The van der Waals surface area contributed by atoms with Crippen LogP contribution in [0.25, 0.3) is 5.57 Å². The number of nitrogens with zero attached hydrogens (tertiary/aromatic N) is 2. The molecule has 2 heterocycles. The molecule has 33 heavy (non-hydrogen) atoms. The van der Waals surface area contributed by atoms with Gasteiger partial charge >= 0.3 is 12.4 Å². The highest BCUT2D eigenvalue weighted by Crippen LogP contribution is 2.42. The number of fused-ring (bicyclic) bond motifs is 3. The summed E-state index contributed by atoms with van der Waals surface area (Å²) in [7, 11) is 0. The molecule has 172 valence electrons. The van der Waals surface area contributed by atoms with Gasteiger partial charge in [-0.2, -0.15) is 0 Å². The summed E-state index contributed by atoms with van der Waals surface area (Å²) in [6.07, 6.45) is -1.99. The third-order valence-electron chi connectivity index (χ3n) is 6.13. The van der Waals surface area contributed by atoms with Crippen molar-refractivity contribution < 1.29 is 31.9 Å². The number of hydrogen-bond donors (Lipinski definition) is 1. The molecule has 2 bridgehead atoms. The van der Waals surface area contributed by atoms with Crippen molar-refractivity contribution in [1.82, 2.24) is 9.80 Å². The Morgan fingerprint density at radius 1 is 1.15 bits per heavy atom. The molecule has 2 atom stereocenters. The average Bonchev–Trinajstić information content (AvgIpc) is 3.35. The van der Waals surface area contributed by atoms with Crippen LogP contribution in [0, 0.1) is 11.7 Å². The van der Waals surface area contributed by atoms with Crippen LogP contribution < -0.4 is 10.1 Å². The number of benzene rings is 2. The lowest BCUT2D eigenvalue weighted by molar-refractivity contribution is -0.274. The number of likely N-dealkylation sites (tertiary alicyclic amines) is 1. The summed E-state index contributed by atoms with van der Waals surface area (Å²) in [5.41, 5.74) is 2.70. The predicted molar refractivity (Wildman–Crippen MR) is 111 cm³/mol. The van der Waals surface area contributed by atoms with Crippen molar-refractivity contribution in [3.63, 3.8) is 0 Å². The molecule has 10 heteroatoms. The number of nitrogens with one attached hydrogen (secondary N) is 1. The fourth-order valence-corrected chi connectivity index (χ4v) is 4.73. The van der Waals surface area contributed by atoms with Gasteiger partial charge in [0.2, 0.25) is 5.91 Å². The quantitative estimate of drug-likeness (QED) is 0.688. The zero-order chi connectivity index (χ0) is 23.3. The summed E-state index contributed by atoms with van der Waals surface area (Å²) < 4.78 is 54.7. The zero-order valence-corrected chi connectivity index (χ0v) is 17.2. The first-order chi connectivity index (χ1) is 15.7. The normalized spacial score (nSPS) is 21.6. The van der Waals surface area contributed by atoms with Crippen LogP contribution in [0.5, 0.6) is 5.75 Å².